The molecule has 0 spiro atoms. The molecule has 0 heterocycles. The van der Waals surface area contributed by atoms with Crippen LogP contribution in [0.15, 0.2) is 18.2 Å². The van der Waals surface area contributed by atoms with E-state index in [0.29, 0.717) is 5.02 Å². The van der Waals surface area contributed by atoms with E-state index in [1.807, 2.05) is 18.2 Å². The molecule has 1 fully saturated rings. The third-order valence-corrected chi connectivity index (χ3v) is 4.27. The molecule has 0 aliphatic heterocycles. The number of hydrogen-bond donors (Lipinski definition) is 1. The number of hydrogen-bond acceptors (Lipinski definition) is 2. The quantitative estimate of drug-likeness (QED) is 0.896. The zero-order valence-electron chi connectivity index (χ0n) is 11.0. The summed E-state index contributed by atoms with van der Waals surface area (Å²) < 4.78 is 0. The highest BCUT2D eigenvalue weighted by Gasteiger charge is 2.17. The van der Waals surface area contributed by atoms with Crippen molar-refractivity contribution in [1.29, 1.82) is 0 Å². The van der Waals surface area contributed by atoms with E-state index >= 15 is 0 Å². The molecule has 1 aromatic carbocycles. The summed E-state index contributed by atoms with van der Waals surface area (Å²) in [5.74, 6) is 0.786. The molecule has 1 aromatic rings. The maximum atomic E-state index is 9.44. The van der Waals surface area contributed by atoms with Gasteiger partial charge in [-0.3, -0.25) is 0 Å². The molecule has 0 radical (unpaired) electrons. The molecule has 0 aromatic heterocycles. The summed E-state index contributed by atoms with van der Waals surface area (Å²) in [6.07, 6.45) is 6.78. The van der Waals surface area contributed by atoms with Crippen molar-refractivity contribution in [2.24, 2.45) is 5.92 Å². The molecule has 1 N–H and O–H groups in total. The van der Waals surface area contributed by atoms with Gasteiger partial charge in [-0.1, -0.05) is 36.9 Å². The van der Waals surface area contributed by atoms with Crippen molar-refractivity contribution in [2.45, 2.75) is 38.7 Å². The van der Waals surface area contributed by atoms with Gasteiger partial charge in [-0.15, -0.1) is 0 Å². The number of aliphatic hydroxyl groups excluding tert-OH is 1. The van der Waals surface area contributed by atoms with E-state index in [0.717, 1.165) is 23.7 Å². The summed E-state index contributed by atoms with van der Waals surface area (Å²) in [6.45, 7) is 1.07. The van der Waals surface area contributed by atoms with Crippen molar-refractivity contribution in [3.8, 4) is 0 Å². The first-order valence-electron chi connectivity index (χ1n) is 6.81. The van der Waals surface area contributed by atoms with E-state index in [2.05, 4.69) is 11.9 Å². The van der Waals surface area contributed by atoms with E-state index in [9.17, 15) is 5.11 Å². The first kappa shape index (κ1) is 13.7. The molecule has 0 bridgehead atoms. The van der Waals surface area contributed by atoms with Crippen molar-refractivity contribution >= 4 is 17.3 Å². The molecule has 3 heteroatoms. The topological polar surface area (TPSA) is 23.5 Å². The summed E-state index contributed by atoms with van der Waals surface area (Å²) in [6, 6.07) is 5.83. The molecule has 1 saturated carbocycles. The summed E-state index contributed by atoms with van der Waals surface area (Å²) in [5, 5.41) is 10.1. The van der Waals surface area contributed by atoms with Crippen LogP contribution in [-0.4, -0.2) is 18.7 Å². The summed E-state index contributed by atoms with van der Waals surface area (Å²) >= 11 is 6.13. The molecule has 1 aliphatic rings. The van der Waals surface area contributed by atoms with Gasteiger partial charge in [-0.25, -0.2) is 0 Å². The Labute approximate surface area is 115 Å². The van der Waals surface area contributed by atoms with Crippen molar-refractivity contribution in [3.05, 3.63) is 28.8 Å². The van der Waals surface area contributed by atoms with Gasteiger partial charge < -0.3 is 10.0 Å². The molecule has 2 rings (SSSR count). The Hall–Kier alpha value is -0.730. The lowest BCUT2D eigenvalue weighted by atomic mass is 9.89. The van der Waals surface area contributed by atoms with E-state index in [1.165, 1.54) is 32.1 Å². The molecule has 0 amide bonds. The van der Waals surface area contributed by atoms with Gasteiger partial charge in [0.25, 0.3) is 0 Å². The standard InChI is InChI=1S/C15H22ClNO/c1-17(10-12-6-3-2-4-7-12)15-9-5-8-14(16)13(15)11-18/h5,8-9,12,18H,2-4,6-7,10-11H2,1H3. The largest absolute Gasteiger partial charge is 0.392 e. The molecular weight excluding hydrogens is 246 g/mol. The lowest BCUT2D eigenvalue weighted by Gasteiger charge is -2.29. The van der Waals surface area contributed by atoms with Crippen LogP contribution < -0.4 is 4.90 Å². The highest BCUT2D eigenvalue weighted by atomic mass is 35.5. The normalized spacial score (nSPS) is 16.8. The number of halogens is 1. The zero-order chi connectivity index (χ0) is 13.0. The van der Waals surface area contributed by atoms with E-state index in [4.69, 9.17) is 11.6 Å². The minimum atomic E-state index is 0.00398. The Bertz CT molecular complexity index is 388. The van der Waals surface area contributed by atoms with E-state index in [1.54, 1.807) is 0 Å². The van der Waals surface area contributed by atoms with Crippen LogP contribution in [0.3, 0.4) is 0 Å². The van der Waals surface area contributed by atoms with Gasteiger partial charge in [0.05, 0.1) is 6.61 Å². The maximum Gasteiger partial charge on any atom is 0.0716 e. The average Bonchev–Trinajstić information content (AvgIpc) is 2.39. The highest BCUT2D eigenvalue weighted by molar-refractivity contribution is 6.31. The molecular formula is C15H22ClNO. The number of benzene rings is 1. The highest BCUT2D eigenvalue weighted by Crippen LogP contribution is 2.30. The molecule has 0 unspecified atom stereocenters. The van der Waals surface area contributed by atoms with Crippen LogP contribution in [0, 0.1) is 5.92 Å². The average molecular weight is 268 g/mol. The number of rotatable bonds is 4. The SMILES string of the molecule is CN(CC1CCCCC1)c1cccc(Cl)c1CO. The minimum Gasteiger partial charge on any atom is -0.392 e. The Morgan fingerprint density at radius 1 is 1.28 bits per heavy atom. The first-order valence-corrected chi connectivity index (χ1v) is 7.19. The van der Waals surface area contributed by atoms with E-state index in [-0.39, 0.29) is 6.61 Å². The Morgan fingerprint density at radius 2 is 2.00 bits per heavy atom. The second-order valence-corrected chi connectivity index (χ2v) is 5.69. The lowest BCUT2D eigenvalue weighted by Crippen LogP contribution is -2.27. The van der Waals surface area contributed by atoms with Crippen molar-refractivity contribution < 1.29 is 5.11 Å². The van der Waals surface area contributed by atoms with E-state index < -0.39 is 0 Å². The maximum absolute atomic E-state index is 9.44. The predicted molar refractivity (Wildman–Crippen MR) is 77.2 cm³/mol. The molecule has 100 valence electrons. The van der Waals surface area contributed by atoms with Crippen LogP contribution in [0.1, 0.15) is 37.7 Å². The van der Waals surface area contributed by atoms with Gasteiger partial charge in [0.15, 0.2) is 0 Å². The smallest absolute Gasteiger partial charge is 0.0716 e. The third kappa shape index (κ3) is 3.18. The monoisotopic (exact) mass is 267 g/mol. The van der Waals surface area contributed by atoms with Gasteiger partial charge in [0, 0.05) is 29.9 Å². The number of anilines is 1. The second-order valence-electron chi connectivity index (χ2n) is 5.28. The fourth-order valence-corrected chi connectivity index (χ4v) is 3.15. The van der Waals surface area contributed by atoms with Crippen LogP contribution in [0.2, 0.25) is 5.02 Å². The van der Waals surface area contributed by atoms with Gasteiger partial charge >= 0.3 is 0 Å². The number of nitrogens with zero attached hydrogens (tertiary/aromatic N) is 1. The molecule has 2 nitrogen and oxygen atoms in total. The van der Waals surface area contributed by atoms with Crippen molar-refractivity contribution in [3.63, 3.8) is 0 Å². The molecule has 1 aliphatic carbocycles. The van der Waals surface area contributed by atoms with Crippen molar-refractivity contribution in [1.82, 2.24) is 0 Å². The summed E-state index contributed by atoms with van der Waals surface area (Å²) in [7, 11) is 2.10. The Kier molecular flexibility index (Phi) is 4.90. The summed E-state index contributed by atoms with van der Waals surface area (Å²) in [5.41, 5.74) is 1.91. The lowest BCUT2D eigenvalue weighted by molar-refractivity contribution is 0.282. The fraction of sp³-hybridized carbons (Fsp3) is 0.600. The van der Waals surface area contributed by atoms with Crippen LogP contribution in [0.4, 0.5) is 5.69 Å². The molecule has 18 heavy (non-hydrogen) atoms. The van der Waals surface area contributed by atoms with Crippen LogP contribution in [0.5, 0.6) is 0 Å². The molecule has 0 atom stereocenters. The van der Waals surface area contributed by atoms with Gasteiger partial charge in [-0.05, 0) is 30.9 Å². The third-order valence-electron chi connectivity index (χ3n) is 3.92. The molecule has 0 saturated heterocycles. The Balaban J connectivity index is 2.07. The predicted octanol–water partition coefficient (Wildman–Crippen LogP) is 3.85. The van der Waals surface area contributed by atoms with Gasteiger partial charge in [-0.2, -0.15) is 0 Å². The zero-order valence-corrected chi connectivity index (χ0v) is 11.8. The first-order chi connectivity index (χ1) is 8.72. The second kappa shape index (κ2) is 6.44. The van der Waals surface area contributed by atoms with Crippen molar-refractivity contribution in [2.75, 3.05) is 18.5 Å². The van der Waals surface area contributed by atoms with Gasteiger partial charge in [0.1, 0.15) is 0 Å². The minimum absolute atomic E-state index is 0.00398. The summed E-state index contributed by atoms with van der Waals surface area (Å²) in [4.78, 5) is 2.24. The Morgan fingerprint density at radius 3 is 2.67 bits per heavy atom. The fourth-order valence-electron chi connectivity index (χ4n) is 2.92. The van der Waals surface area contributed by atoms with Crippen LogP contribution >= 0.6 is 11.6 Å². The van der Waals surface area contributed by atoms with Gasteiger partial charge in [0.2, 0.25) is 0 Å². The van der Waals surface area contributed by atoms with Crippen LogP contribution in [-0.2, 0) is 6.61 Å². The number of aliphatic hydroxyl groups is 1. The van der Waals surface area contributed by atoms with Crippen LogP contribution in [0.25, 0.3) is 0 Å².